The first-order chi connectivity index (χ1) is 7.69. The summed E-state index contributed by atoms with van der Waals surface area (Å²) in [5, 5.41) is 0.0849. The number of aromatic nitrogens is 2. The monoisotopic (exact) mass is 238 g/mol. The minimum Gasteiger partial charge on any atom is -0.293 e. The number of allylic oxidation sites excluding steroid dienone is 1. The van der Waals surface area contributed by atoms with Crippen molar-refractivity contribution in [2.45, 2.75) is 6.92 Å². The highest BCUT2D eigenvalue weighted by atomic mass is 35.5. The van der Waals surface area contributed by atoms with Crippen LogP contribution in [-0.2, 0) is 4.79 Å². The number of amides is 1. The largest absolute Gasteiger partial charge is 0.293 e. The van der Waals surface area contributed by atoms with E-state index in [0.717, 1.165) is 0 Å². The van der Waals surface area contributed by atoms with Crippen LogP contribution in [0, 0.1) is 0 Å². The topological polar surface area (TPSA) is 58.5 Å². The summed E-state index contributed by atoms with van der Waals surface area (Å²) in [5.74, 6) is 0. The molecule has 0 radical (unpaired) electrons. The Morgan fingerprint density at radius 3 is 2.88 bits per heavy atom. The summed E-state index contributed by atoms with van der Waals surface area (Å²) in [6.07, 6.45) is 5.37. The zero-order chi connectivity index (χ0) is 12.0. The first kappa shape index (κ1) is 12.3. The smallest absolute Gasteiger partial charge is 0.215 e. The van der Waals surface area contributed by atoms with Crippen molar-refractivity contribution in [3.63, 3.8) is 0 Å². The molecule has 0 aliphatic carbocycles. The van der Waals surface area contributed by atoms with Crippen LogP contribution in [-0.4, -0.2) is 33.6 Å². The normalized spacial score (nSPS) is 12.4. The molecule has 1 amide bonds. The van der Waals surface area contributed by atoms with Crippen LogP contribution in [0.2, 0.25) is 0 Å². The van der Waals surface area contributed by atoms with Gasteiger partial charge >= 0.3 is 0 Å². The molecule has 84 valence electrons. The van der Waals surface area contributed by atoms with Gasteiger partial charge in [-0.25, -0.2) is 15.0 Å². The fourth-order valence-electron chi connectivity index (χ4n) is 0.934. The van der Waals surface area contributed by atoms with E-state index < -0.39 is 0 Å². The SMILES string of the molecule is C/C=C(\N=C(Cl)N(C)C=O)c1ccncn1. The number of aliphatic imine (C=N–C) groups is 1. The average molecular weight is 239 g/mol. The molecule has 0 aromatic carbocycles. The van der Waals surface area contributed by atoms with E-state index in [0.29, 0.717) is 17.8 Å². The lowest BCUT2D eigenvalue weighted by atomic mass is 10.3. The van der Waals surface area contributed by atoms with Crippen molar-refractivity contribution in [3.8, 4) is 0 Å². The van der Waals surface area contributed by atoms with Gasteiger partial charge in [0.25, 0.3) is 0 Å². The molecule has 1 aromatic heterocycles. The molecule has 0 N–H and O–H groups in total. The fourth-order valence-corrected chi connectivity index (χ4v) is 1.06. The van der Waals surface area contributed by atoms with E-state index in [1.54, 1.807) is 18.3 Å². The molecule has 0 spiro atoms. The molecular formula is C10H11ClN4O. The summed E-state index contributed by atoms with van der Waals surface area (Å²) in [4.78, 5) is 23.6. The van der Waals surface area contributed by atoms with Crippen molar-refractivity contribution in [1.82, 2.24) is 14.9 Å². The van der Waals surface area contributed by atoms with Crippen LogP contribution in [0.15, 0.2) is 29.7 Å². The molecule has 1 heterocycles. The summed E-state index contributed by atoms with van der Waals surface area (Å²) < 4.78 is 0. The van der Waals surface area contributed by atoms with Gasteiger partial charge in [-0.15, -0.1) is 0 Å². The first-order valence-corrected chi connectivity index (χ1v) is 4.92. The van der Waals surface area contributed by atoms with Crippen LogP contribution in [0.4, 0.5) is 0 Å². The van der Waals surface area contributed by atoms with E-state index in [1.165, 1.54) is 18.3 Å². The van der Waals surface area contributed by atoms with E-state index in [2.05, 4.69) is 15.0 Å². The van der Waals surface area contributed by atoms with Crippen LogP contribution in [0.3, 0.4) is 0 Å². The second-order valence-electron chi connectivity index (χ2n) is 2.87. The highest BCUT2D eigenvalue weighted by molar-refractivity contribution is 6.65. The third-order valence-corrected chi connectivity index (χ3v) is 2.13. The Bertz CT molecular complexity index is 416. The lowest BCUT2D eigenvalue weighted by molar-refractivity contribution is -0.113. The predicted octanol–water partition coefficient (Wildman–Crippen LogP) is 1.52. The lowest BCUT2D eigenvalue weighted by Gasteiger charge is -2.08. The van der Waals surface area contributed by atoms with Gasteiger partial charge in [0, 0.05) is 13.2 Å². The van der Waals surface area contributed by atoms with Gasteiger partial charge in [-0.3, -0.25) is 9.69 Å². The maximum absolute atomic E-state index is 10.5. The van der Waals surface area contributed by atoms with Crippen molar-refractivity contribution in [1.29, 1.82) is 0 Å². The van der Waals surface area contributed by atoms with Crippen molar-refractivity contribution >= 4 is 29.0 Å². The zero-order valence-corrected chi connectivity index (χ0v) is 9.72. The Kier molecular flexibility index (Phi) is 4.60. The van der Waals surface area contributed by atoms with E-state index >= 15 is 0 Å². The second kappa shape index (κ2) is 5.97. The van der Waals surface area contributed by atoms with Gasteiger partial charge in [-0.2, -0.15) is 0 Å². The van der Waals surface area contributed by atoms with Gasteiger partial charge in [0.2, 0.25) is 11.7 Å². The minimum atomic E-state index is 0.0849. The number of hydrogen-bond donors (Lipinski definition) is 0. The third-order valence-electron chi connectivity index (χ3n) is 1.78. The number of amidine groups is 1. The predicted molar refractivity (Wildman–Crippen MR) is 62.8 cm³/mol. The molecule has 0 aliphatic heterocycles. The zero-order valence-electron chi connectivity index (χ0n) is 8.96. The van der Waals surface area contributed by atoms with Crippen molar-refractivity contribution in [2.75, 3.05) is 7.05 Å². The van der Waals surface area contributed by atoms with E-state index in [-0.39, 0.29) is 5.29 Å². The number of carbonyl (C=O) groups is 1. The van der Waals surface area contributed by atoms with Crippen molar-refractivity contribution < 1.29 is 4.79 Å². The van der Waals surface area contributed by atoms with Crippen LogP contribution >= 0.6 is 11.6 Å². The van der Waals surface area contributed by atoms with Gasteiger partial charge in [-0.05, 0) is 24.6 Å². The van der Waals surface area contributed by atoms with Crippen LogP contribution < -0.4 is 0 Å². The minimum absolute atomic E-state index is 0.0849. The van der Waals surface area contributed by atoms with Crippen molar-refractivity contribution in [3.05, 3.63) is 30.4 Å². The highest BCUT2D eigenvalue weighted by Gasteiger charge is 2.05. The molecule has 1 rings (SSSR count). The first-order valence-electron chi connectivity index (χ1n) is 4.54. The van der Waals surface area contributed by atoms with Gasteiger partial charge in [0.15, 0.2) is 0 Å². The molecule has 6 heteroatoms. The molecular weight excluding hydrogens is 228 g/mol. The van der Waals surface area contributed by atoms with E-state index in [4.69, 9.17) is 11.6 Å². The lowest BCUT2D eigenvalue weighted by Crippen LogP contribution is -2.20. The quantitative estimate of drug-likeness (QED) is 0.347. The Balaban J connectivity index is 2.99. The van der Waals surface area contributed by atoms with E-state index in [9.17, 15) is 4.79 Å². The molecule has 0 aliphatic rings. The molecule has 0 atom stereocenters. The van der Waals surface area contributed by atoms with Gasteiger partial charge < -0.3 is 0 Å². The fraction of sp³-hybridized carbons (Fsp3) is 0.200. The second-order valence-corrected chi connectivity index (χ2v) is 3.20. The maximum atomic E-state index is 10.5. The van der Waals surface area contributed by atoms with Gasteiger partial charge in [0.1, 0.15) is 6.33 Å². The number of carbonyl (C=O) groups excluding carboxylic acids is 1. The molecule has 1 aromatic rings. The molecule has 0 unspecified atom stereocenters. The molecule has 5 nitrogen and oxygen atoms in total. The Hall–Kier alpha value is -1.75. The standard InChI is InChI=1S/C10H11ClN4O/c1-3-8(9-4-5-12-6-13-9)14-10(11)15(2)7-16/h3-7H,1-2H3/b8-3-,14-10?. The average Bonchev–Trinajstić information content (AvgIpc) is 2.35. The molecule has 0 fully saturated rings. The van der Waals surface area contributed by atoms with Crippen LogP contribution in [0.5, 0.6) is 0 Å². The summed E-state index contributed by atoms with van der Waals surface area (Å²) >= 11 is 5.82. The number of nitrogens with zero attached hydrogens (tertiary/aromatic N) is 4. The molecule has 0 saturated heterocycles. The Morgan fingerprint density at radius 1 is 1.62 bits per heavy atom. The summed E-state index contributed by atoms with van der Waals surface area (Å²) in [6, 6.07) is 1.71. The molecule has 0 saturated carbocycles. The third kappa shape index (κ3) is 3.13. The summed E-state index contributed by atoms with van der Waals surface area (Å²) in [5.41, 5.74) is 1.23. The molecule has 16 heavy (non-hydrogen) atoms. The Labute approximate surface area is 98.5 Å². The molecule has 0 bridgehead atoms. The summed E-state index contributed by atoms with van der Waals surface area (Å²) in [7, 11) is 1.52. The van der Waals surface area contributed by atoms with Gasteiger partial charge in [0.05, 0.1) is 11.4 Å². The Morgan fingerprint density at radius 2 is 2.38 bits per heavy atom. The number of hydrogen-bond acceptors (Lipinski definition) is 4. The van der Waals surface area contributed by atoms with Crippen molar-refractivity contribution in [2.24, 2.45) is 4.99 Å². The van der Waals surface area contributed by atoms with E-state index in [1.807, 2.05) is 6.92 Å². The number of halogens is 1. The van der Waals surface area contributed by atoms with Crippen LogP contribution in [0.25, 0.3) is 5.70 Å². The number of rotatable bonds is 3. The van der Waals surface area contributed by atoms with Crippen LogP contribution in [0.1, 0.15) is 12.6 Å². The maximum Gasteiger partial charge on any atom is 0.215 e. The summed E-state index contributed by atoms with van der Waals surface area (Å²) in [6.45, 7) is 1.81. The highest BCUT2D eigenvalue weighted by Crippen LogP contribution is 2.13. The van der Waals surface area contributed by atoms with Gasteiger partial charge in [-0.1, -0.05) is 6.08 Å².